The number of carbonyl (C=O) groups excluding carboxylic acids is 1. The number of nitrogens with one attached hydrogen (secondary N) is 1. The molecular weight excluding hydrogens is 224 g/mol. The molecule has 0 spiro atoms. The number of nitrogens with two attached hydrogens (primary N) is 1. The van der Waals surface area contributed by atoms with Gasteiger partial charge in [-0.05, 0) is 31.0 Å². The minimum atomic E-state index is -0.323. The molecule has 0 aliphatic carbocycles. The van der Waals surface area contributed by atoms with Gasteiger partial charge in [0.15, 0.2) is 0 Å². The highest BCUT2D eigenvalue weighted by Gasteiger charge is 2.16. The molecule has 0 radical (unpaired) electrons. The van der Waals surface area contributed by atoms with E-state index >= 15 is 0 Å². The zero-order valence-corrected chi connectivity index (χ0v) is 10.3. The third kappa shape index (κ3) is 3.51. The first-order valence-corrected chi connectivity index (χ1v) is 5.73. The zero-order chi connectivity index (χ0) is 12.1. The Morgan fingerprint density at radius 3 is 2.75 bits per heavy atom. The third-order valence-electron chi connectivity index (χ3n) is 2.55. The summed E-state index contributed by atoms with van der Waals surface area (Å²) in [6.45, 7) is 3.91. The highest BCUT2D eigenvalue weighted by molar-refractivity contribution is 6.30. The van der Waals surface area contributed by atoms with E-state index in [9.17, 15) is 4.79 Å². The van der Waals surface area contributed by atoms with E-state index in [0.29, 0.717) is 11.4 Å². The highest BCUT2D eigenvalue weighted by atomic mass is 35.5. The highest BCUT2D eigenvalue weighted by Crippen LogP contribution is 2.18. The van der Waals surface area contributed by atoms with Gasteiger partial charge in [0.25, 0.3) is 0 Å². The Morgan fingerprint density at radius 1 is 1.56 bits per heavy atom. The summed E-state index contributed by atoms with van der Waals surface area (Å²) in [6, 6.07) is 7.32. The fourth-order valence-corrected chi connectivity index (χ4v) is 1.77. The molecule has 0 heterocycles. The first-order chi connectivity index (χ1) is 7.54. The number of rotatable bonds is 5. The SMILES string of the molecule is CCC(N[C@@H](C)c1cccc(Cl)c1)C(N)=O. The standard InChI is InChI=1S/C12H17ClN2O/c1-3-11(12(14)16)15-8(2)9-5-4-6-10(13)7-9/h4-8,11,15H,3H2,1-2H3,(H2,14,16)/t8-,11?/m0/s1. The smallest absolute Gasteiger partial charge is 0.234 e. The van der Waals surface area contributed by atoms with E-state index in [2.05, 4.69) is 5.32 Å². The van der Waals surface area contributed by atoms with Crippen LogP contribution in [0.3, 0.4) is 0 Å². The van der Waals surface area contributed by atoms with E-state index in [4.69, 9.17) is 17.3 Å². The average molecular weight is 241 g/mol. The van der Waals surface area contributed by atoms with Crippen molar-refractivity contribution < 1.29 is 4.79 Å². The minimum Gasteiger partial charge on any atom is -0.368 e. The van der Waals surface area contributed by atoms with Crippen LogP contribution in [-0.4, -0.2) is 11.9 Å². The van der Waals surface area contributed by atoms with Crippen molar-refractivity contribution >= 4 is 17.5 Å². The molecule has 0 aromatic heterocycles. The van der Waals surface area contributed by atoms with Gasteiger partial charge in [0.1, 0.15) is 0 Å². The summed E-state index contributed by atoms with van der Waals surface area (Å²) in [5.74, 6) is -0.323. The summed E-state index contributed by atoms with van der Waals surface area (Å²) in [5.41, 5.74) is 6.32. The monoisotopic (exact) mass is 240 g/mol. The Bertz CT molecular complexity index is 368. The van der Waals surface area contributed by atoms with Crippen LogP contribution in [0.15, 0.2) is 24.3 Å². The fraction of sp³-hybridized carbons (Fsp3) is 0.417. The maximum absolute atomic E-state index is 11.1. The molecule has 4 heteroatoms. The summed E-state index contributed by atoms with van der Waals surface area (Å²) < 4.78 is 0. The number of amides is 1. The number of hydrogen-bond acceptors (Lipinski definition) is 2. The summed E-state index contributed by atoms with van der Waals surface area (Å²) in [4.78, 5) is 11.1. The molecule has 88 valence electrons. The van der Waals surface area contributed by atoms with Crippen molar-refractivity contribution in [3.63, 3.8) is 0 Å². The fourth-order valence-electron chi connectivity index (χ4n) is 1.58. The van der Waals surface area contributed by atoms with E-state index in [1.54, 1.807) is 0 Å². The predicted molar refractivity (Wildman–Crippen MR) is 66.3 cm³/mol. The van der Waals surface area contributed by atoms with Gasteiger partial charge in [-0.15, -0.1) is 0 Å². The van der Waals surface area contributed by atoms with Gasteiger partial charge in [-0.25, -0.2) is 0 Å². The van der Waals surface area contributed by atoms with Crippen molar-refractivity contribution in [3.05, 3.63) is 34.9 Å². The largest absolute Gasteiger partial charge is 0.368 e. The molecule has 1 amide bonds. The van der Waals surface area contributed by atoms with Crippen LogP contribution in [0.2, 0.25) is 5.02 Å². The van der Waals surface area contributed by atoms with Crippen LogP contribution in [0.25, 0.3) is 0 Å². The van der Waals surface area contributed by atoms with E-state index < -0.39 is 0 Å². The molecule has 1 unspecified atom stereocenters. The Hall–Kier alpha value is -1.06. The molecule has 0 bridgehead atoms. The molecule has 3 N–H and O–H groups in total. The van der Waals surface area contributed by atoms with Gasteiger partial charge in [0.2, 0.25) is 5.91 Å². The Morgan fingerprint density at radius 2 is 2.25 bits per heavy atom. The molecule has 0 saturated carbocycles. The van der Waals surface area contributed by atoms with Gasteiger partial charge in [-0.1, -0.05) is 30.7 Å². The topological polar surface area (TPSA) is 55.1 Å². The van der Waals surface area contributed by atoms with Crippen LogP contribution in [0.4, 0.5) is 0 Å². The van der Waals surface area contributed by atoms with E-state index in [1.165, 1.54) is 0 Å². The average Bonchev–Trinajstić information content (AvgIpc) is 2.25. The second-order valence-electron chi connectivity index (χ2n) is 3.81. The van der Waals surface area contributed by atoms with Gasteiger partial charge in [0.05, 0.1) is 6.04 Å². The lowest BCUT2D eigenvalue weighted by Gasteiger charge is -2.20. The number of hydrogen-bond donors (Lipinski definition) is 2. The van der Waals surface area contributed by atoms with Gasteiger partial charge >= 0.3 is 0 Å². The van der Waals surface area contributed by atoms with Crippen molar-refractivity contribution in [2.24, 2.45) is 5.73 Å². The van der Waals surface area contributed by atoms with Crippen LogP contribution >= 0.6 is 11.6 Å². The summed E-state index contributed by atoms with van der Waals surface area (Å²) >= 11 is 5.90. The van der Waals surface area contributed by atoms with Gasteiger partial charge in [-0.2, -0.15) is 0 Å². The first-order valence-electron chi connectivity index (χ1n) is 5.35. The lowest BCUT2D eigenvalue weighted by Crippen LogP contribution is -2.41. The summed E-state index contributed by atoms with van der Waals surface area (Å²) in [5, 5.41) is 3.87. The normalized spacial score (nSPS) is 14.4. The molecule has 1 rings (SSSR count). The Labute approximate surface area is 101 Å². The van der Waals surface area contributed by atoms with Crippen molar-refractivity contribution in [1.82, 2.24) is 5.32 Å². The Balaban J connectivity index is 2.71. The van der Waals surface area contributed by atoms with Crippen molar-refractivity contribution in [1.29, 1.82) is 0 Å². The zero-order valence-electron chi connectivity index (χ0n) is 9.53. The molecule has 1 aromatic rings. The molecule has 0 saturated heterocycles. The second-order valence-corrected chi connectivity index (χ2v) is 4.24. The third-order valence-corrected chi connectivity index (χ3v) is 2.79. The van der Waals surface area contributed by atoms with Crippen LogP contribution in [-0.2, 0) is 4.79 Å². The maximum Gasteiger partial charge on any atom is 0.234 e. The van der Waals surface area contributed by atoms with Crippen molar-refractivity contribution in [2.75, 3.05) is 0 Å². The van der Waals surface area contributed by atoms with Crippen LogP contribution in [0.5, 0.6) is 0 Å². The van der Waals surface area contributed by atoms with Gasteiger partial charge < -0.3 is 5.73 Å². The maximum atomic E-state index is 11.1. The molecule has 0 aliphatic rings. The molecule has 0 aliphatic heterocycles. The first kappa shape index (κ1) is 13.0. The van der Waals surface area contributed by atoms with Crippen LogP contribution in [0.1, 0.15) is 31.9 Å². The van der Waals surface area contributed by atoms with E-state index in [1.807, 2.05) is 38.1 Å². The lowest BCUT2D eigenvalue weighted by atomic mass is 10.1. The lowest BCUT2D eigenvalue weighted by molar-refractivity contribution is -0.120. The number of benzene rings is 1. The predicted octanol–water partition coefficient (Wildman–Crippen LogP) is 2.25. The molecular formula is C12H17ClN2O. The van der Waals surface area contributed by atoms with Crippen LogP contribution in [0, 0.1) is 0 Å². The Kier molecular flexibility index (Phi) is 4.77. The van der Waals surface area contributed by atoms with Gasteiger partial charge in [-0.3, -0.25) is 10.1 Å². The molecule has 0 fully saturated rings. The second kappa shape index (κ2) is 5.87. The van der Waals surface area contributed by atoms with Crippen molar-refractivity contribution in [2.45, 2.75) is 32.4 Å². The number of primary amides is 1. The van der Waals surface area contributed by atoms with E-state index in [0.717, 1.165) is 5.56 Å². The van der Waals surface area contributed by atoms with Crippen LogP contribution < -0.4 is 11.1 Å². The molecule has 16 heavy (non-hydrogen) atoms. The quantitative estimate of drug-likeness (QED) is 0.830. The van der Waals surface area contributed by atoms with Gasteiger partial charge in [0, 0.05) is 11.1 Å². The molecule has 3 nitrogen and oxygen atoms in total. The molecule has 1 aromatic carbocycles. The summed E-state index contributed by atoms with van der Waals surface area (Å²) in [7, 11) is 0. The minimum absolute atomic E-state index is 0.0520. The van der Waals surface area contributed by atoms with Crippen molar-refractivity contribution in [3.8, 4) is 0 Å². The number of carbonyl (C=O) groups is 1. The van der Waals surface area contributed by atoms with E-state index in [-0.39, 0.29) is 18.0 Å². The number of halogens is 1. The summed E-state index contributed by atoms with van der Waals surface area (Å²) in [6.07, 6.45) is 0.681. The molecule has 2 atom stereocenters.